The van der Waals surface area contributed by atoms with E-state index in [1.54, 1.807) is 6.20 Å². The number of carbonyl (C=O) groups excluding carboxylic acids is 1. The molecule has 2 rings (SSSR count). The fraction of sp³-hybridized carbons (Fsp3) is 0.286. The van der Waals surface area contributed by atoms with E-state index < -0.39 is 0 Å². The number of hydrogen-bond donors (Lipinski definition) is 2. The van der Waals surface area contributed by atoms with Crippen molar-refractivity contribution in [1.82, 2.24) is 15.1 Å². The van der Waals surface area contributed by atoms with Crippen molar-refractivity contribution in [2.75, 3.05) is 18.9 Å². The lowest BCUT2D eigenvalue weighted by atomic mass is 10.2. The molecule has 1 aromatic carbocycles. The maximum atomic E-state index is 11.5. The van der Waals surface area contributed by atoms with Crippen LogP contribution in [0.4, 0.5) is 5.69 Å². The molecule has 0 atom stereocenters. The van der Waals surface area contributed by atoms with Gasteiger partial charge in [-0.05, 0) is 30.8 Å². The van der Waals surface area contributed by atoms with Crippen LogP contribution in [0.2, 0.25) is 0 Å². The summed E-state index contributed by atoms with van der Waals surface area (Å²) in [7, 11) is 1.83. The van der Waals surface area contributed by atoms with Gasteiger partial charge in [-0.2, -0.15) is 5.10 Å². The van der Waals surface area contributed by atoms with Crippen molar-refractivity contribution in [3.8, 4) is 0 Å². The first-order valence-electron chi connectivity index (χ1n) is 6.29. The Bertz CT molecular complexity index is 505. The van der Waals surface area contributed by atoms with E-state index in [2.05, 4.69) is 15.7 Å². The van der Waals surface area contributed by atoms with Gasteiger partial charge in [-0.25, -0.2) is 0 Å². The second-order valence-corrected chi connectivity index (χ2v) is 4.30. The first kappa shape index (κ1) is 13.3. The third kappa shape index (κ3) is 4.22. The molecule has 0 unspecified atom stereocenters. The number of benzene rings is 1. The molecule has 2 aromatic rings. The van der Waals surface area contributed by atoms with Gasteiger partial charge in [-0.15, -0.1) is 0 Å². The molecule has 2 N–H and O–H groups in total. The summed E-state index contributed by atoms with van der Waals surface area (Å²) in [5.74, 6) is 0.0224. The minimum atomic E-state index is 0.0224. The molecule has 1 amide bonds. The number of aromatic nitrogens is 2. The van der Waals surface area contributed by atoms with E-state index in [1.165, 1.54) is 0 Å². The van der Waals surface area contributed by atoms with Gasteiger partial charge in [0.15, 0.2) is 0 Å². The van der Waals surface area contributed by atoms with Gasteiger partial charge in [0, 0.05) is 31.0 Å². The van der Waals surface area contributed by atoms with Gasteiger partial charge in [0.1, 0.15) is 0 Å². The summed E-state index contributed by atoms with van der Waals surface area (Å²) in [6.45, 7) is 1.42. The van der Waals surface area contributed by atoms with Gasteiger partial charge < -0.3 is 10.6 Å². The van der Waals surface area contributed by atoms with Crippen molar-refractivity contribution in [1.29, 1.82) is 0 Å². The number of amides is 1. The molecule has 5 heteroatoms. The normalized spacial score (nSPS) is 10.4. The highest BCUT2D eigenvalue weighted by Crippen LogP contribution is 2.10. The van der Waals surface area contributed by atoms with Crippen LogP contribution in [0.15, 0.2) is 42.7 Å². The van der Waals surface area contributed by atoms with Gasteiger partial charge in [0.25, 0.3) is 0 Å². The molecule has 0 spiro atoms. The SMILES string of the molecule is CNCCC(=O)Nc1ccc(Cn2cccn2)cc1. The van der Waals surface area contributed by atoms with Crippen molar-refractivity contribution in [3.05, 3.63) is 48.3 Å². The average molecular weight is 258 g/mol. The first-order valence-corrected chi connectivity index (χ1v) is 6.29. The number of nitrogens with zero attached hydrogens (tertiary/aromatic N) is 2. The van der Waals surface area contributed by atoms with Crippen molar-refractivity contribution >= 4 is 11.6 Å². The largest absolute Gasteiger partial charge is 0.326 e. The van der Waals surface area contributed by atoms with E-state index in [-0.39, 0.29) is 5.91 Å². The molecule has 1 heterocycles. The summed E-state index contributed by atoms with van der Waals surface area (Å²) < 4.78 is 1.86. The molecule has 1 aromatic heterocycles. The van der Waals surface area contributed by atoms with Gasteiger partial charge in [-0.1, -0.05) is 12.1 Å². The molecule has 19 heavy (non-hydrogen) atoms. The summed E-state index contributed by atoms with van der Waals surface area (Å²) in [6.07, 6.45) is 4.16. The van der Waals surface area contributed by atoms with Crippen LogP contribution in [0.5, 0.6) is 0 Å². The smallest absolute Gasteiger partial charge is 0.225 e. The molecular weight excluding hydrogens is 240 g/mol. The van der Waals surface area contributed by atoms with Crippen LogP contribution in [0, 0.1) is 0 Å². The zero-order valence-corrected chi connectivity index (χ0v) is 11.0. The van der Waals surface area contributed by atoms with Gasteiger partial charge in [0.2, 0.25) is 5.91 Å². The molecule has 0 saturated carbocycles. The average Bonchev–Trinajstić information content (AvgIpc) is 2.91. The fourth-order valence-corrected chi connectivity index (χ4v) is 1.74. The van der Waals surface area contributed by atoms with Crippen LogP contribution in [-0.2, 0) is 11.3 Å². The first-order chi connectivity index (χ1) is 9.28. The number of rotatable bonds is 6. The van der Waals surface area contributed by atoms with Crippen molar-refractivity contribution in [2.45, 2.75) is 13.0 Å². The Morgan fingerprint density at radius 3 is 2.74 bits per heavy atom. The molecule has 0 bridgehead atoms. The molecule has 0 aliphatic carbocycles. The maximum Gasteiger partial charge on any atom is 0.225 e. The predicted octanol–water partition coefficient (Wildman–Crippen LogP) is 1.48. The standard InChI is InChI=1S/C14H18N4O/c1-15-9-7-14(19)17-13-5-3-12(4-6-13)11-18-10-2-8-16-18/h2-6,8,10,15H,7,9,11H2,1H3,(H,17,19). The summed E-state index contributed by atoms with van der Waals surface area (Å²) in [5, 5.41) is 9.97. The highest BCUT2D eigenvalue weighted by Gasteiger charge is 2.01. The monoisotopic (exact) mass is 258 g/mol. The van der Waals surface area contributed by atoms with Crippen molar-refractivity contribution in [3.63, 3.8) is 0 Å². The lowest BCUT2D eigenvalue weighted by Gasteiger charge is -2.06. The Labute approximate surface area is 112 Å². The Hall–Kier alpha value is -2.14. The molecule has 5 nitrogen and oxygen atoms in total. The lowest BCUT2D eigenvalue weighted by molar-refractivity contribution is -0.116. The third-order valence-corrected chi connectivity index (χ3v) is 2.74. The van der Waals surface area contributed by atoms with Crippen LogP contribution in [0.25, 0.3) is 0 Å². The quantitative estimate of drug-likeness (QED) is 0.825. The van der Waals surface area contributed by atoms with E-state index in [9.17, 15) is 4.79 Å². The van der Waals surface area contributed by atoms with Gasteiger partial charge in [-0.3, -0.25) is 9.48 Å². The molecule has 0 saturated heterocycles. The van der Waals surface area contributed by atoms with Crippen LogP contribution in [-0.4, -0.2) is 29.3 Å². The van der Waals surface area contributed by atoms with E-state index in [0.29, 0.717) is 13.0 Å². The van der Waals surface area contributed by atoms with E-state index >= 15 is 0 Å². The summed E-state index contributed by atoms with van der Waals surface area (Å²) in [5.41, 5.74) is 1.97. The summed E-state index contributed by atoms with van der Waals surface area (Å²) in [6, 6.07) is 9.72. The second-order valence-electron chi connectivity index (χ2n) is 4.30. The number of carbonyl (C=O) groups is 1. The minimum absolute atomic E-state index is 0.0224. The molecule has 0 aliphatic rings. The zero-order chi connectivity index (χ0) is 13.5. The van der Waals surface area contributed by atoms with Crippen LogP contribution in [0.3, 0.4) is 0 Å². The molecule has 0 aliphatic heterocycles. The van der Waals surface area contributed by atoms with Crippen LogP contribution >= 0.6 is 0 Å². The minimum Gasteiger partial charge on any atom is -0.326 e. The molecular formula is C14H18N4O. The lowest BCUT2D eigenvalue weighted by Crippen LogP contribution is -2.18. The Balaban J connectivity index is 1.89. The Morgan fingerprint density at radius 2 is 2.11 bits per heavy atom. The van der Waals surface area contributed by atoms with Crippen molar-refractivity contribution < 1.29 is 4.79 Å². The second kappa shape index (κ2) is 6.70. The molecule has 100 valence electrons. The number of anilines is 1. The van der Waals surface area contributed by atoms with E-state index in [0.717, 1.165) is 17.8 Å². The van der Waals surface area contributed by atoms with Gasteiger partial charge >= 0.3 is 0 Å². The van der Waals surface area contributed by atoms with Crippen molar-refractivity contribution in [2.24, 2.45) is 0 Å². The predicted molar refractivity (Wildman–Crippen MR) is 74.9 cm³/mol. The summed E-state index contributed by atoms with van der Waals surface area (Å²) >= 11 is 0. The Morgan fingerprint density at radius 1 is 1.32 bits per heavy atom. The maximum absolute atomic E-state index is 11.5. The third-order valence-electron chi connectivity index (χ3n) is 2.74. The summed E-state index contributed by atoms with van der Waals surface area (Å²) in [4.78, 5) is 11.5. The Kier molecular flexibility index (Phi) is 4.69. The van der Waals surface area contributed by atoms with E-state index in [4.69, 9.17) is 0 Å². The fourth-order valence-electron chi connectivity index (χ4n) is 1.74. The van der Waals surface area contributed by atoms with Gasteiger partial charge in [0.05, 0.1) is 6.54 Å². The zero-order valence-electron chi connectivity index (χ0n) is 11.0. The van der Waals surface area contributed by atoms with Crippen LogP contribution in [0.1, 0.15) is 12.0 Å². The molecule has 0 radical (unpaired) electrons. The topological polar surface area (TPSA) is 59.0 Å². The van der Waals surface area contributed by atoms with Crippen LogP contribution < -0.4 is 10.6 Å². The highest BCUT2D eigenvalue weighted by molar-refractivity contribution is 5.90. The molecule has 0 fully saturated rings. The highest BCUT2D eigenvalue weighted by atomic mass is 16.1. The number of nitrogens with one attached hydrogen (secondary N) is 2. The number of hydrogen-bond acceptors (Lipinski definition) is 3. The van der Waals surface area contributed by atoms with E-state index in [1.807, 2.05) is 48.3 Å².